The Morgan fingerprint density at radius 2 is 1.91 bits per heavy atom. The topological polar surface area (TPSA) is 97.0 Å². The molecule has 0 radical (unpaired) electrons. The van der Waals surface area contributed by atoms with Gasteiger partial charge in [0.2, 0.25) is 0 Å². The molecule has 0 bridgehead atoms. The zero-order valence-electron chi connectivity index (χ0n) is 19.4. The highest BCUT2D eigenvalue weighted by molar-refractivity contribution is 5.75. The molecule has 0 unspecified atom stereocenters. The Hall–Kier alpha value is -1.66. The van der Waals surface area contributed by atoms with Gasteiger partial charge in [0.25, 0.3) is 0 Å². The monoisotopic (exact) mass is 444 g/mol. The molecule has 176 valence electrons. The fraction of sp³-hybridized carbons (Fsp3) is 0.769. The Labute approximate surface area is 189 Å². The second-order valence-corrected chi connectivity index (χ2v) is 11.5. The highest BCUT2D eigenvalue weighted by Gasteiger charge is 2.70. The van der Waals surface area contributed by atoms with Crippen LogP contribution in [0.3, 0.4) is 0 Å². The maximum atomic E-state index is 12.9. The van der Waals surface area contributed by atoms with Gasteiger partial charge in [0.15, 0.2) is 0 Å². The predicted molar refractivity (Wildman–Crippen MR) is 118 cm³/mol. The number of carbonyl (C=O) groups is 1. The van der Waals surface area contributed by atoms with Gasteiger partial charge >= 0.3 is 11.6 Å². The first-order valence-corrected chi connectivity index (χ1v) is 12.2. The fourth-order valence-corrected chi connectivity index (χ4v) is 8.80. The van der Waals surface area contributed by atoms with Crippen LogP contribution >= 0.6 is 0 Å². The summed E-state index contributed by atoms with van der Waals surface area (Å²) in [7, 11) is 1.40. The molecule has 6 heteroatoms. The second-order valence-electron chi connectivity index (χ2n) is 11.5. The molecule has 0 aromatic carbocycles. The minimum absolute atomic E-state index is 0.116. The maximum Gasteiger partial charge on any atom is 0.335 e. The number of carbonyl (C=O) groups excluding carboxylic acids is 1. The van der Waals surface area contributed by atoms with Crippen LogP contribution in [-0.2, 0) is 9.53 Å². The Morgan fingerprint density at radius 3 is 2.59 bits per heavy atom. The SMILES string of the molecule is COC(=O)[C@H]1C[C@@]2(O)[C@@H]3CC[C@@H]4C[C@H](O)CC[C@]4(C)[C@H]3CC[C@]2(C)[C@H]1c1ccc(=O)oc1. The van der Waals surface area contributed by atoms with Gasteiger partial charge in [0, 0.05) is 17.4 Å². The summed E-state index contributed by atoms with van der Waals surface area (Å²) in [5.74, 6) is -0.0349. The lowest BCUT2D eigenvalue weighted by molar-refractivity contribution is -0.205. The van der Waals surface area contributed by atoms with Crippen molar-refractivity contribution in [2.45, 2.75) is 82.8 Å². The molecule has 0 aliphatic heterocycles. The summed E-state index contributed by atoms with van der Waals surface area (Å²) >= 11 is 0. The first kappa shape index (κ1) is 22.1. The van der Waals surface area contributed by atoms with E-state index in [-0.39, 0.29) is 29.3 Å². The molecule has 4 fully saturated rings. The first-order valence-electron chi connectivity index (χ1n) is 12.2. The molecule has 4 saturated carbocycles. The second kappa shape index (κ2) is 7.42. The lowest BCUT2D eigenvalue weighted by Gasteiger charge is -2.63. The van der Waals surface area contributed by atoms with Gasteiger partial charge in [-0.05, 0) is 86.2 Å². The van der Waals surface area contributed by atoms with E-state index >= 15 is 0 Å². The van der Waals surface area contributed by atoms with E-state index < -0.39 is 22.6 Å². The van der Waals surface area contributed by atoms with Crippen molar-refractivity contribution in [2.75, 3.05) is 7.11 Å². The smallest absolute Gasteiger partial charge is 0.335 e. The number of aliphatic hydroxyl groups is 2. The summed E-state index contributed by atoms with van der Waals surface area (Å²) in [6.07, 6.45) is 8.11. The quantitative estimate of drug-likeness (QED) is 0.676. The molecule has 4 aliphatic rings. The molecule has 32 heavy (non-hydrogen) atoms. The van der Waals surface area contributed by atoms with E-state index in [4.69, 9.17) is 9.15 Å². The molecule has 2 N–H and O–H groups in total. The van der Waals surface area contributed by atoms with Gasteiger partial charge in [0.1, 0.15) is 0 Å². The lowest BCUT2D eigenvalue weighted by Crippen LogP contribution is -2.62. The van der Waals surface area contributed by atoms with Gasteiger partial charge in [-0.1, -0.05) is 13.8 Å². The van der Waals surface area contributed by atoms with Crippen LogP contribution in [0.15, 0.2) is 27.6 Å². The number of ether oxygens (including phenoxy) is 1. The van der Waals surface area contributed by atoms with Crippen LogP contribution in [-0.4, -0.2) is 35.0 Å². The summed E-state index contributed by atoms with van der Waals surface area (Å²) in [6, 6.07) is 3.14. The average Bonchev–Trinajstić information content (AvgIpc) is 3.02. The van der Waals surface area contributed by atoms with Gasteiger partial charge in [-0.25, -0.2) is 4.79 Å². The summed E-state index contributed by atoms with van der Waals surface area (Å²) in [4.78, 5) is 24.5. The number of hydrogen-bond acceptors (Lipinski definition) is 6. The highest BCUT2D eigenvalue weighted by Crippen LogP contribution is 2.71. The minimum Gasteiger partial charge on any atom is -0.469 e. The number of rotatable bonds is 2. The van der Waals surface area contributed by atoms with Crippen LogP contribution in [0.25, 0.3) is 0 Å². The van der Waals surface area contributed by atoms with Crippen molar-refractivity contribution < 1.29 is 24.2 Å². The molecule has 0 amide bonds. The molecule has 1 heterocycles. The van der Waals surface area contributed by atoms with Gasteiger partial charge in [0.05, 0.1) is 31.0 Å². The Balaban J connectivity index is 1.56. The van der Waals surface area contributed by atoms with E-state index in [0.29, 0.717) is 18.3 Å². The van der Waals surface area contributed by atoms with Crippen LogP contribution in [0, 0.1) is 34.5 Å². The molecule has 0 spiro atoms. The van der Waals surface area contributed by atoms with Gasteiger partial charge in [-0.15, -0.1) is 0 Å². The highest BCUT2D eigenvalue weighted by atomic mass is 16.5. The first-order chi connectivity index (χ1) is 15.1. The van der Waals surface area contributed by atoms with Gasteiger partial charge in [-0.3, -0.25) is 4.79 Å². The third kappa shape index (κ3) is 2.91. The molecule has 6 nitrogen and oxygen atoms in total. The third-order valence-electron chi connectivity index (χ3n) is 10.4. The van der Waals surface area contributed by atoms with Crippen LogP contribution in [0.2, 0.25) is 0 Å². The Kier molecular flexibility index (Phi) is 5.14. The maximum absolute atomic E-state index is 12.9. The van der Waals surface area contributed by atoms with Crippen molar-refractivity contribution in [3.05, 3.63) is 34.4 Å². The summed E-state index contributed by atoms with van der Waals surface area (Å²) in [5.41, 5.74) is -1.00. The van der Waals surface area contributed by atoms with E-state index in [1.165, 1.54) is 19.4 Å². The zero-order chi connectivity index (χ0) is 22.9. The molecule has 0 saturated heterocycles. The molecule has 5 rings (SSSR count). The van der Waals surface area contributed by atoms with Crippen molar-refractivity contribution in [3.8, 4) is 0 Å². The molecular weight excluding hydrogens is 408 g/mol. The van der Waals surface area contributed by atoms with E-state index in [9.17, 15) is 19.8 Å². The minimum atomic E-state index is -0.986. The number of hydrogen-bond donors (Lipinski definition) is 2. The Morgan fingerprint density at radius 1 is 1.12 bits per heavy atom. The molecule has 1 aromatic rings. The van der Waals surface area contributed by atoms with Gasteiger partial charge in [-0.2, -0.15) is 0 Å². The predicted octanol–water partition coefficient (Wildman–Crippen LogP) is 3.64. The third-order valence-corrected chi connectivity index (χ3v) is 10.4. The van der Waals surface area contributed by atoms with Crippen molar-refractivity contribution in [1.29, 1.82) is 0 Å². The summed E-state index contributed by atoms with van der Waals surface area (Å²) < 4.78 is 10.4. The summed E-state index contributed by atoms with van der Waals surface area (Å²) in [5, 5.41) is 22.7. The fourth-order valence-electron chi connectivity index (χ4n) is 8.80. The van der Waals surface area contributed by atoms with Crippen LogP contribution in [0.4, 0.5) is 0 Å². The standard InChI is InChI=1S/C26H36O6/c1-24-10-8-17(27)12-16(24)5-6-20-19(24)9-11-25(2)22(15-4-7-21(28)32-14-15)18(23(29)31-3)13-26(20,25)30/h4,7,14,16-20,22,27,30H,5-6,8-13H2,1-3H3/t16-,17-,18+,19+,20-,22+,24+,25-,26-/m1/s1. The molecular formula is C26H36O6. The van der Waals surface area contributed by atoms with Gasteiger partial charge < -0.3 is 19.4 Å². The number of fused-ring (bicyclic) bond motifs is 5. The Bertz CT molecular complexity index is 935. The van der Waals surface area contributed by atoms with Crippen molar-refractivity contribution in [1.82, 2.24) is 0 Å². The van der Waals surface area contributed by atoms with Crippen molar-refractivity contribution in [2.24, 2.45) is 34.5 Å². The molecule has 1 aromatic heterocycles. The number of esters is 1. The molecule has 9 atom stereocenters. The van der Waals surface area contributed by atoms with Crippen LogP contribution in [0.1, 0.15) is 76.7 Å². The largest absolute Gasteiger partial charge is 0.469 e. The zero-order valence-corrected chi connectivity index (χ0v) is 19.4. The van der Waals surface area contributed by atoms with E-state index in [1.807, 2.05) is 0 Å². The van der Waals surface area contributed by atoms with E-state index in [0.717, 1.165) is 50.5 Å². The van der Waals surface area contributed by atoms with Crippen molar-refractivity contribution >= 4 is 5.97 Å². The number of methoxy groups -OCH3 is 1. The van der Waals surface area contributed by atoms with Crippen molar-refractivity contribution in [3.63, 3.8) is 0 Å². The van der Waals surface area contributed by atoms with E-state index in [1.54, 1.807) is 6.07 Å². The summed E-state index contributed by atoms with van der Waals surface area (Å²) in [6.45, 7) is 4.50. The average molecular weight is 445 g/mol. The normalized spacial score (nSPS) is 47.8. The molecule has 4 aliphatic carbocycles. The lowest BCUT2D eigenvalue weighted by atomic mass is 9.43. The number of aliphatic hydroxyl groups excluding tert-OH is 1. The van der Waals surface area contributed by atoms with Crippen LogP contribution < -0.4 is 5.63 Å². The van der Waals surface area contributed by atoms with E-state index in [2.05, 4.69) is 13.8 Å². The van der Waals surface area contributed by atoms with Crippen LogP contribution in [0.5, 0.6) is 0 Å².